The number of aromatic nitrogens is 1. The van der Waals surface area contributed by atoms with E-state index < -0.39 is 11.9 Å². The zero-order valence-electron chi connectivity index (χ0n) is 16.7. The average Bonchev–Trinajstić information content (AvgIpc) is 2.79. The van der Waals surface area contributed by atoms with Gasteiger partial charge in [0.25, 0.3) is 5.91 Å². The van der Waals surface area contributed by atoms with Crippen molar-refractivity contribution in [1.29, 1.82) is 0 Å². The molecule has 0 atom stereocenters. The van der Waals surface area contributed by atoms with E-state index in [0.717, 1.165) is 18.8 Å². The van der Waals surface area contributed by atoms with Crippen LogP contribution in [0.3, 0.4) is 0 Å². The van der Waals surface area contributed by atoms with Gasteiger partial charge in [0.2, 0.25) is 0 Å². The van der Waals surface area contributed by atoms with Crippen molar-refractivity contribution >= 4 is 29.1 Å². The summed E-state index contributed by atoms with van der Waals surface area (Å²) in [5, 5.41) is 12.6. The van der Waals surface area contributed by atoms with Crippen LogP contribution in [0.5, 0.6) is 0 Å². The molecule has 1 aliphatic rings. The fourth-order valence-electron chi connectivity index (χ4n) is 3.55. The lowest BCUT2D eigenvalue weighted by atomic mass is 9.98. The molecule has 0 unspecified atom stereocenters. The van der Waals surface area contributed by atoms with E-state index in [9.17, 15) is 14.7 Å². The minimum absolute atomic E-state index is 0.103. The van der Waals surface area contributed by atoms with Crippen LogP contribution in [-0.4, -0.2) is 48.3 Å². The van der Waals surface area contributed by atoms with E-state index >= 15 is 0 Å². The number of morpholine rings is 1. The molecule has 0 bridgehead atoms. The first kappa shape index (κ1) is 20.4. The molecule has 8 nitrogen and oxygen atoms in total. The smallest absolute Gasteiger partial charge is 0.354 e. The minimum atomic E-state index is -1.20. The third kappa shape index (κ3) is 4.49. The van der Waals surface area contributed by atoms with Gasteiger partial charge in [-0.2, -0.15) is 0 Å². The monoisotopic (exact) mass is 418 g/mol. The van der Waals surface area contributed by atoms with E-state index in [1.54, 1.807) is 12.1 Å². The standard InChI is InChI=1S/C23H22N4O4/c24-21(28)20-18(15-6-8-17(9-7-15)27-10-12-31-13-11-27)14-19(23(29)30)26-22(20)25-16-4-2-1-3-5-16/h1-9,14H,10-13H2,(H2,24,28)(H,25,26)(H,29,30). The summed E-state index contributed by atoms with van der Waals surface area (Å²) in [5.41, 5.74) is 8.41. The van der Waals surface area contributed by atoms with Crippen LogP contribution in [0.1, 0.15) is 20.8 Å². The zero-order valence-corrected chi connectivity index (χ0v) is 16.7. The molecule has 2 heterocycles. The lowest BCUT2D eigenvalue weighted by molar-refractivity contribution is 0.0690. The molecule has 31 heavy (non-hydrogen) atoms. The first-order chi connectivity index (χ1) is 15.0. The number of rotatable bonds is 6. The summed E-state index contributed by atoms with van der Waals surface area (Å²) in [5.74, 6) is -1.79. The molecule has 1 aromatic heterocycles. The maximum atomic E-state index is 12.4. The molecule has 1 saturated heterocycles. The second-order valence-corrected chi connectivity index (χ2v) is 7.09. The average molecular weight is 418 g/mol. The maximum absolute atomic E-state index is 12.4. The Hall–Kier alpha value is -3.91. The molecule has 4 N–H and O–H groups in total. The van der Waals surface area contributed by atoms with Gasteiger partial charge in [-0.3, -0.25) is 4.79 Å². The molecule has 1 aliphatic heterocycles. The van der Waals surface area contributed by atoms with Crippen LogP contribution in [0.2, 0.25) is 0 Å². The topological polar surface area (TPSA) is 118 Å². The Kier molecular flexibility index (Phi) is 5.81. The molecule has 0 spiro atoms. The van der Waals surface area contributed by atoms with Gasteiger partial charge < -0.3 is 25.8 Å². The van der Waals surface area contributed by atoms with Gasteiger partial charge in [-0.1, -0.05) is 30.3 Å². The number of amides is 1. The predicted octanol–water partition coefficient (Wildman–Crippen LogP) is 3.13. The first-order valence-corrected chi connectivity index (χ1v) is 9.86. The summed E-state index contributed by atoms with van der Waals surface area (Å²) >= 11 is 0. The highest BCUT2D eigenvalue weighted by Crippen LogP contribution is 2.32. The Balaban J connectivity index is 1.78. The fraction of sp³-hybridized carbons (Fsp3) is 0.174. The molecule has 8 heteroatoms. The van der Waals surface area contributed by atoms with Crippen LogP contribution in [0, 0.1) is 0 Å². The SMILES string of the molecule is NC(=O)c1c(-c2ccc(N3CCOCC3)cc2)cc(C(=O)O)nc1Nc1ccccc1. The highest BCUT2D eigenvalue weighted by Gasteiger charge is 2.22. The number of nitrogens with one attached hydrogen (secondary N) is 1. The van der Waals surface area contributed by atoms with Crippen molar-refractivity contribution < 1.29 is 19.4 Å². The molecule has 2 aromatic carbocycles. The fourth-order valence-corrected chi connectivity index (χ4v) is 3.55. The number of nitrogens with zero attached hydrogens (tertiary/aromatic N) is 2. The Morgan fingerprint density at radius 2 is 1.71 bits per heavy atom. The number of aromatic carboxylic acids is 1. The number of carboxylic acid groups (broad SMARTS) is 1. The van der Waals surface area contributed by atoms with Gasteiger partial charge in [0.05, 0.1) is 18.8 Å². The van der Waals surface area contributed by atoms with Crippen LogP contribution in [0.15, 0.2) is 60.7 Å². The second kappa shape index (κ2) is 8.85. The summed E-state index contributed by atoms with van der Waals surface area (Å²) < 4.78 is 5.39. The van der Waals surface area contributed by atoms with Crippen LogP contribution in [0.4, 0.5) is 17.2 Å². The Bertz CT molecular complexity index is 1090. The Labute approximate surface area is 179 Å². The molecule has 1 fully saturated rings. The molecule has 0 radical (unpaired) electrons. The van der Waals surface area contributed by atoms with Crippen molar-refractivity contribution in [2.75, 3.05) is 36.5 Å². The quantitative estimate of drug-likeness (QED) is 0.563. The third-order valence-electron chi connectivity index (χ3n) is 5.08. The van der Waals surface area contributed by atoms with E-state index in [1.165, 1.54) is 6.07 Å². The normalized spacial score (nSPS) is 13.6. The van der Waals surface area contributed by atoms with E-state index in [0.29, 0.717) is 30.0 Å². The number of benzene rings is 2. The number of carboxylic acids is 1. The molecule has 158 valence electrons. The number of hydrogen-bond acceptors (Lipinski definition) is 6. The van der Waals surface area contributed by atoms with Crippen LogP contribution >= 0.6 is 0 Å². The summed E-state index contributed by atoms with van der Waals surface area (Å²) in [6, 6.07) is 18.0. The van der Waals surface area contributed by atoms with Gasteiger partial charge in [0.1, 0.15) is 5.82 Å². The first-order valence-electron chi connectivity index (χ1n) is 9.86. The van der Waals surface area contributed by atoms with Gasteiger partial charge in [0.15, 0.2) is 5.69 Å². The third-order valence-corrected chi connectivity index (χ3v) is 5.08. The molecule has 0 aliphatic carbocycles. The number of pyridine rings is 1. The van der Waals surface area contributed by atoms with Gasteiger partial charge >= 0.3 is 5.97 Å². The summed E-state index contributed by atoms with van der Waals surface area (Å²) in [7, 11) is 0. The van der Waals surface area contributed by atoms with Gasteiger partial charge in [-0.15, -0.1) is 0 Å². The number of para-hydroxylation sites is 1. The van der Waals surface area contributed by atoms with Crippen molar-refractivity contribution in [1.82, 2.24) is 4.98 Å². The van der Waals surface area contributed by atoms with Crippen LogP contribution in [-0.2, 0) is 4.74 Å². The minimum Gasteiger partial charge on any atom is -0.477 e. The number of hydrogen-bond donors (Lipinski definition) is 3. The van der Waals surface area contributed by atoms with Crippen molar-refractivity contribution in [2.45, 2.75) is 0 Å². The highest BCUT2D eigenvalue weighted by atomic mass is 16.5. The van der Waals surface area contributed by atoms with E-state index in [-0.39, 0.29) is 17.1 Å². The maximum Gasteiger partial charge on any atom is 0.354 e. The molecule has 1 amide bonds. The summed E-state index contributed by atoms with van der Waals surface area (Å²) in [6.07, 6.45) is 0. The summed E-state index contributed by atoms with van der Waals surface area (Å²) in [4.78, 5) is 30.4. The Morgan fingerprint density at radius 1 is 1.03 bits per heavy atom. The highest BCUT2D eigenvalue weighted by molar-refractivity contribution is 6.06. The molecular formula is C23H22N4O4. The number of carbonyl (C=O) groups excluding carboxylic acids is 1. The largest absolute Gasteiger partial charge is 0.477 e. The molecule has 4 rings (SSSR count). The summed E-state index contributed by atoms with van der Waals surface area (Å²) in [6.45, 7) is 2.95. The van der Waals surface area contributed by atoms with Crippen molar-refractivity contribution in [3.8, 4) is 11.1 Å². The Morgan fingerprint density at radius 3 is 2.32 bits per heavy atom. The lowest BCUT2D eigenvalue weighted by Crippen LogP contribution is -2.36. The number of nitrogens with two attached hydrogens (primary N) is 1. The number of anilines is 3. The molecule has 3 aromatic rings. The van der Waals surface area contributed by atoms with E-state index in [2.05, 4.69) is 15.2 Å². The van der Waals surface area contributed by atoms with Crippen LogP contribution < -0.4 is 16.0 Å². The second-order valence-electron chi connectivity index (χ2n) is 7.09. The van der Waals surface area contributed by atoms with Crippen LogP contribution in [0.25, 0.3) is 11.1 Å². The lowest BCUT2D eigenvalue weighted by Gasteiger charge is -2.29. The van der Waals surface area contributed by atoms with E-state index in [4.69, 9.17) is 10.5 Å². The van der Waals surface area contributed by atoms with Crippen molar-refractivity contribution in [3.63, 3.8) is 0 Å². The van der Waals surface area contributed by atoms with Gasteiger partial charge in [0, 0.05) is 30.0 Å². The number of ether oxygens (including phenoxy) is 1. The van der Waals surface area contributed by atoms with Gasteiger partial charge in [-0.05, 0) is 35.9 Å². The van der Waals surface area contributed by atoms with Crippen molar-refractivity contribution in [2.24, 2.45) is 5.73 Å². The predicted molar refractivity (Wildman–Crippen MR) is 118 cm³/mol. The number of carbonyl (C=O) groups is 2. The number of primary amides is 1. The van der Waals surface area contributed by atoms with Crippen molar-refractivity contribution in [3.05, 3.63) is 71.9 Å². The van der Waals surface area contributed by atoms with E-state index in [1.807, 2.05) is 42.5 Å². The molecular weight excluding hydrogens is 396 g/mol. The van der Waals surface area contributed by atoms with Gasteiger partial charge in [-0.25, -0.2) is 9.78 Å². The molecule has 0 saturated carbocycles. The zero-order chi connectivity index (χ0) is 21.8.